The summed E-state index contributed by atoms with van der Waals surface area (Å²) in [5, 5.41) is 3.75. The van der Waals surface area contributed by atoms with Crippen molar-refractivity contribution in [2.45, 2.75) is 82.8 Å². The smallest absolute Gasteiger partial charge is 0.234 e. The fourth-order valence-electron chi connectivity index (χ4n) is 6.69. The van der Waals surface area contributed by atoms with Crippen molar-refractivity contribution in [2.24, 2.45) is 5.92 Å². The average molecular weight is 472 g/mol. The molecular weight excluding hydrogens is 434 g/mol. The number of aromatic nitrogens is 3. The van der Waals surface area contributed by atoms with Crippen LogP contribution >= 0.6 is 0 Å². The van der Waals surface area contributed by atoms with Crippen LogP contribution in [0.4, 0.5) is 0 Å². The van der Waals surface area contributed by atoms with Gasteiger partial charge in [0.05, 0.1) is 16.9 Å². The van der Waals surface area contributed by atoms with E-state index < -0.39 is 0 Å². The number of carbonyl (C=O) groups excluding carboxylic acids is 1. The van der Waals surface area contributed by atoms with E-state index in [9.17, 15) is 4.79 Å². The number of nitrogens with zero attached hydrogens (tertiary/aromatic N) is 4. The van der Waals surface area contributed by atoms with Crippen LogP contribution in [0.15, 0.2) is 42.7 Å². The highest BCUT2D eigenvalue weighted by molar-refractivity contribution is 5.91. The Bertz CT molecular complexity index is 1210. The second kappa shape index (κ2) is 9.14. The summed E-state index contributed by atoms with van der Waals surface area (Å²) in [6.45, 7) is 6.95. The molecule has 1 aromatic carbocycles. The fraction of sp³-hybridized carbons (Fsp3) is 0.552. The molecule has 1 aliphatic carbocycles. The Kier molecular flexibility index (Phi) is 5.97. The Morgan fingerprint density at radius 2 is 1.94 bits per heavy atom. The van der Waals surface area contributed by atoms with Crippen LogP contribution in [0.1, 0.15) is 76.0 Å². The lowest BCUT2D eigenvalue weighted by Crippen LogP contribution is -2.62. The van der Waals surface area contributed by atoms with Gasteiger partial charge in [-0.05, 0) is 56.2 Å². The van der Waals surface area contributed by atoms with E-state index in [4.69, 9.17) is 4.98 Å². The third-order valence-electron chi connectivity index (χ3n) is 8.74. The summed E-state index contributed by atoms with van der Waals surface area (Å²) in [5.74, 6) is 1.96. The highest BCUT2D eigenvalue weighted by Gasteiger charge is 2.49. The predicted molar refractivity (Wildman–Crippen MR) is 138 cm³/mol. The minimum Gasteiger partial charge on any atom is -0.304 e. The SMILES string of the molecule is CC(C)c1ccc(-c2nc3ncccn3c2CN2CC3(C(=O)C4CCCC4)CCC2CCN3)cc1. The van der Waals surface area contributed by atoms with Crippen LogP contribution in [-0.2, 0) is 11.3 Å². The van der Waals surface area contributed by atoms with E-state index in [0.717, 1.165) is 68.8 Å². The van der Waals surface area contributed by atoms with Crippen molar-refractivity contribution in [2.75, 3.05) is 13.1 Å². The summed E-state index contributed by atoms with van der Waals surface area (Å²) in [6, 6.07) is 11.3. The summed E-state index contributed by atoms with van der Waals surface area (Å²) in [5.41, 5.74) is 4.25. The number of fused-ring (bicyclic) bond motifs is 5. The molecule has 3 aliphatic heterocycles. The Labute approximate surface area is 208 Å². The lowest BCUT2D eigenvalue weighted by molar-refractivity contribution is -0.131. The van der Waals surface area contributed by atoms with Gasteiger partial charge in [0.2, 0.25) is 5.78 Å². The molecule has 2 atom stereocenters. The number of hydrogen-bond donors (Lipinski definition) is 1. The predicted octanol–water partition coefficient (Wildman–Crippen LogP) is 4.98. The Balaban J connectivity index is 1.35. The molecule has 0 spiro atoms. The van der Waals surface area contributed by atoms with Gasteiger partial charge >= 0.3 is 0 Å². The molecule has 184 valence electrons. The number of benzene rings is 1. The quantitative estimate of drug-likeness (QED) is 0.550. The molecule has 4 aliphatic rings. The summed E-state index contributed by atoms with van der Waals surface area (Å²) < 4.78 is 2.14. The number of Topliss-reactive ketones (excluding diaryl/α,β-unsaturated/α-hetero) is 1. The van der Waals surface area contributed by atoms with Crippen molar-refractivity contribution in [3.63, 3.8) is 0 Å². The average Bonchev–Trinajstić information content (AvgIpc) is 3.44. The first kappa shape index (κ1) is 22.9. The van der Waals surface area contributed by atoms with Crippen molar-refractivity contribution in [3.05, 3.63) is 54.0 Å². The fourth-order valence-corrected chi connectivity index (χ4v) is 6.69. The van der Waals surface area contributed by atoms with Crippen LogP contribution in [0.25, 0.3) is 17.0 Å². The normalized spacial score (nSPS) is 25.5. The van der Waals surface area contributed by atoms with E-state index in [0.29, 0.717) is 17.7 Å². The van der Waals surface area contributed by atoms with E-state index in [2.05, 4.69) is 63.9 Å². The van der Waals surface area contributed by atoms with Crippen LogP contribution in [0, 0.1) is 5.92 Å². The van der Waals surface area contributed by atoms with Gasteiger partial charge in [-0.15, -0.1) is 0 Å². The largest absolute Gasteiger partial charge is 0.304 e. The second-order valence-corrected chi connectivity index (χ2v) is 11.2. The highest BCUT2D eigenvalue weighted by atomic mass is 16.1. The summed E-state index contributed by atoms with van der Waals surface area (Å²) in [6.07, 6.45) is 11.6. The lowest BCUT2D eigenvalue weighted by atomic mass is 9.78. The van der Waals surface area contributed by atoms with E-state index in [1.165, 1.54) is 24.1 Å². The lowest BCUT2D eigenvalue weighted by Gasteiger charge is -2.44. The van der Waals surface area contributed by atoms with Crippen LogP contribution in [0.2, 0.25) is 0 Å². The van der Waals surface area contributed by atoms with Gasteiger partial charge in [-0.25, -0.2) is 9.97 Å². The number of piperidine rings is 1. The molecule has 35 heavy (non-hydrogen) atoms. The maximum absolute atomic E-state index is 13.7. The van der Waals surface area contributed by atoms with Gasteiger partial charge in [0.1, 0.15) is 0 Å². The number of nitrogens with one attached hydrogen (secondary N) is 1. The van der Waals surface area contributed by atoms with Gasteiger partial charge in [0.15, 0.2) is 5.78 Å². The Hall–Kier alpha value is -2.57. The van der Waals surface area contributed by atoms with Gasteiger partial charge in [0, 0.05) is 43.0 Å². The summed E-state index contributed by atoms with van der Waals surface area (Å²) in [7, 11) is 0. The first-order chi connectivity index (χ1) is 17.0. The van der Waals surface area contributed by atoms with Crippen LogP contribution < -0.4 is 5.32 Å². The number of rotatable bonds is 6. The molecule has 1 saturated carbocycles. The van der Waals surface area contributed by atoms with Gasteiger partial charge in [-0.3, -0.25) is 14.1 Å². The van der Waals surface area contributed by atoms with Crippen molar-refractivity contribution in [3.8, 4) is 11.3 Å². The molecule has 0 amide bonds. The molecule has 6 nitrogen and oxygen atoms in total. The van der Waals surface area contributed by atoms with Crippen LogP contribution in [0.3, 0.4) is 0 Å². The monoisotopic (exact) mass is 471 g/mol. The number of ketones is 1. The third kappa shape index (κ3) is 4.11. The van der Waals surface area contributed by atoms with E-state index in [1.54, 1.807) is 0 Å². The third-order valence-corrected chi connectivity index (χ3v) is 8.74. The molecule has 0 radical (unpaired) electrons. The van der Waals surface area contributed by atoms with Crippen molar-refractivity contribution >= 4 is 11.6 Å². The first-order valence-corrected chi connectivity index (χ1v) is 13.5. The zero-order valence-electron chi connectivity index (χ0n) is 21.0. The van der Waals surface area contributed by atoms with Crippen molar-refractivity contribution in [1.29, 1.82) is 0 Å². The van der Waals surface area contributed by atoms with Gasteiger partial charge in [-0.1, -0.05) is 51.0 Å². The summed E-state index contributed by atoms with van der Waals surface area (Å²) >= 11 is 0. The Morgan fingerprint density at radius 3 is 2.71 bits per heavy atom. The molecule has 2 bridgehead atoms. The zero-order chi connectivity index (χ0) is 24.0. The molecule has 2 aromatic heterocycles. The zero-order valence-corrected chi connectivity index (χ0v) is 21.0. The molecule has 1 N–H and O–H groups in total. The summed E-state index contributed by atoms with van der Waals surface area (Å²) in [4.78, 5) is 25.8. The molecule has 7 rings (SSSR count). The van der Waals surface area contributed by atoms with Gasteiger partial charge in [0.25, 0.3) is 0 Å². The number of hydrogen-bond acceptors (Lipinski definition) is 5. The van der Waals surface area contributed by atoms with Crippen LogP contribution in [0.5, 0.6) is 0 Å². The van der Waals surface area contributed by atoms with Crippen molar-refractivity contribution < 1.29 is 4.79 Å². The second-order valence-electron chi connectivity index (χ2n) is 11.2. The highest BCUT2D eigenvalue weighted by Crippen LogP contribution is 2.38. The number of imidazole rings is 1. The van der Waals surface area contributed by atoms with Gasteiger partial charge in [-0.2, -0.15) is 0 Å². The van der Waals surface area contributed by atoms with E-state index in [-0.39, 0.29) is 11.5 Å². The maximum Gasteiger partial charge on any atom is 0.234 e. The Morgan fingerprint density at radius 1 is 1.14 bits per heavy atom. The number of carbonyl (C=O) groups is 1. The maximum atomic E-state index is 13.7. The molecule has 2 unspecified atom stereocenters. The molecule has 5 heterocycles. The van der Waals surface area contributed by atoms with Crippen LogP contribution in [-0.4, -0.2) is 49.7 Å². The molecule has 4 fully saturated rings. The standard InChI is InChI=1S/C29H37N5O/c1-20(2)21-8-10-22(11-9-21)26-25(34-17-5-15-30-28(34)32-26)18-33-19-29(14-12-24(33)13-16-31-29)27(35)23-6-3-4-7-23/h5,8-11,15,17,20,23-24,31H,3-4,6-7,12-14,16,18-19H2,1-2H3. The molecule has 3 aromatic rings. The topological polar surface area (TPSA) is 62.5 Å². The van der Waals surface area contributed by atoms with Gasteiger partial charge < -0.3 is 5.32 Å². The van der Waals surface area contributed by atoms with Crippen molar-refractivity contribution in [1.82, 2.24) is 24.6 Å². The first-order valence-electron chi connectivity index (χ1n) is 13.5. The minimum absolute atomic E-state index is 0.244. The molecule has 6 heteroatoms. The molecular formula is C29H37N5O. The van der Waals surface area contributed by atoms with E-state index in [1.807, 2.05) is 12.3 Å². The minimum atomic E-state index is -0.389. The van der Waals surface area contributed by atoms with E-state index >= 15 is 0 Å². The molecule has 3 saturated heterocycles.